The molecular formula is C19H21BrN2O2. The SMILES string of the molecule is Cc1cc(C)cc(C(=O)Nc2ccc(N3CCOCC3)c(Br)c2)c1. The number of halogens is 1. The van der Waals surface area contributed by atoms with Crippen molar-refractivity contribution >= 4 is 33.2 Å². The van der Waals surface area contributed by atoms with Crippen LogP contribution in [0.3, 0.4) is 0 Å². The van der Waals surface area contributed by atoms with E-state index in [9.17, 15) is 4.79 Å². The van der Waals surface area contributed by atoms with Crippen LogP contribution < -0.4 is 10.2 Å². The number of hydrogen-bond acceptors (Lipinski definition) is 3. The maximum atomic E-state index is 12.5. The van der Waals surface area contributed by atoms with Crippen LogP contribution in [0.1, 0.15) is 21.5 Å². The molecule has 3 rings (SSSR count). The first-order valence-electron chi connectivity index (χ1n) is 8.05. The Morgan fingerprint density at radius 3 is 2.38 bits per heavy atom. The number of amides is 1. The van der Waals surface area contributed by atoms with E-state index < -0.39 is 0 Å². The number of nitrogens with one attached hydrogen (secondary N) is 1. The van der Waals surface area contributed by atoms with Crippen molar-refractivity contribution in [3.8, 4) is 0 Å². The summed E-state index contributed by atoms with van der Waals surface area (Å²) in [5.74, 6) is -0.0900. The number of hydrogen-bond donors (Lipinski definition) is 1. The van der Waals surface area contributed by atoms with Gasteiger partial charge in [-0.1, -0.05) is 17.2 Å². The van der Waals surface area contributed by atoms with Gasteiger partial charge >= 0.3 is 0 Å². The molecule has 1 saturated heterocycles. The lowest BCUT2D eigenvalue weighted by atomic mass is 10.1. The number of benzene rings is 2. The standard InChI is InChI=1S/C19H21BrN2O2/c1-13-9-14(2)11-15(10-13)19(23)21-16-3-4-18(17(20)12-16)22-5-7-24-8-6-22/h3-4,9-12H,5-8H2,1-2H3,(H,21,23). The highest BCUT2D eigenvalue weighted by Crippen LogP contribution is 2.30. The topological polar surface area (TPSA) is 41.6 Å². The molecule has 0 aliphatic carbocycles. The number of carbonyl (C=O) groups is 1. The maximum Gasteiger partial charge on any atom is 0.255 e. The number of nitrogens with zero attached hydrogens (tertiary/aromatic N) is 1. The minimum Gasteiger partial charge on any atom is -0.378 e. The average Bonchev–Trinajstić information content (AvgIpc) is 2.55. The van der Waals surface area contributed by atoms with Gasteiger partial charge in [0.15, 0.2) is 0 Å². The lowest BCUT2D eigenvalue weighted by Crippen LogP contribution is -2.36. The molecule has 1 amide bonds. The quantitative estimate of drug-likeness (QED) is 0.858. The fourth-order valence-electron chi connectivity index (χ4n) is 2.95. The zero-order valence-corrected chi connectivity index (χ0v) is 15.5. The molecule has 0 aromatic heterocycles. The molecule has 126 valence electrons. The van der Waals surface area contributed by atoms with Gasteiger partial charge in [-0.15, -0.1) is 0 Å². The van der Waals surface area contributed by atoms with Crippen LogP contribution in [-0.2, 0) is 4.74 Å². The van der Waals surface area contributed by atoms with E-state index in [1.165, 1.54) is 0 Å². The number of rotatable bonds is 3. The van der Waals surface area contributed by atoms with Gasteiger partial charge in [0.25, 0.3) is 5.91 Å². The van der Waals surface area contributed by atoms with E-state index in [4.69, 9.17) is 4.74 Å². The molecule has 2 aromatic rings. The number of ether oxygens (including phenoxy) is 1. The molecule has 5 heteroatoms. The van der Waals surface area contributed by atoms with E-state index in [1.807, 2.05) is 44.2 Å². The van der Waals surface area contributed by atoms with E-state index in [0.29, 0.717) is 5.56 Å². The maximum absolute atomic E-state index is 12.5. The van der Waals surface area contributed by atoms with Gasteiger partial charge in [0.05, 0.1) is 18.9 Å². The Labute approximate surface area is 150 Å². The molecule has 1 aliphatic heterocycles. The lowest BCUT2D eigenvalue weighted by Gasteiger charge is -2.29. The fourth-order valence-corrected chi connectivity index (χ4v) is 3.58. The molecule has 1 N–H and O–H groups in total. The van der Waals surface area contributed by atoms with Crippen molar-refractivity contribution < 1.29 is 9.53 Å². The molecule has 0 radical (unpaired) electrons. The van der Waals surface area contributed by atoms with Gasteiger partial charge in [0.2, 0.25) is 0 Å². The molecule has 0 bridgehead atoms. The third kappa shape index (κ3) is 3.97. The van der Waals surface area contributed by atoms with Crippen LogP contribution >= 0.6 is 15.9 Å². The first-order valence-corrected chi connectivity index (χ1v) is 8.84. The predicted molar refractivity (Wildman–Crippen MR) is 101 cm³/mol. The van der Waals surface area contributed by atoms with Crippen LogP contribution in [0, 0.1) is 13.8 Å². The summed E-state index contributed by atoms with van der Waals surface area (Å²) in [6.07, 6.45) is 0. The molecule has 0 atom stereocenters. The molecular weight excluding hydrogens is 368 g/mol. The molecule has 0 unspecified atom stereocenters. The van der Waals surface area contributed by atoms with Gasteiger partial charge in [-0.3, -0.25) is 4.79 Å². The zero-order chi connectivity index (χ0) is 17.1. The highest BCUT2D eigenvalue weighted by atomic mass is 79.9. The van der Waals surface area contributed by atoms with E-state index in [0.717, 1.165) is 53.3 Å². The number of anilines is 2. The summed E-state index contributed by atoms with van der Waals surface area (Å²) in [5.41, 5.74) is 4.76. The summed E-state index contributed by atoms with van der Waals surface area (Å²) < 4.78 is 6.37. The molecule has 2 aromatic carbocycles. The molecule has 0 saturated carbocycles. The van der Waals surface area contributed by atoms with E-state index >= 15 is 0 Å². The van der Waals surface area contributed by atoms with Crippen LogP contribution in [0.4, 0.5) is 11.4 Å². The van der Waals surface area contributed by atoms with Crippen molar-refractivity contribution in [3.05, 3.63) is 57.6 Å². The Hall–Kier alpha value is -1.85. The minimum absolute atomic E-state index is 0.0900. The van der Waals surface area contributed by atoms with Crippen molar-refractivity contribution in [3.63, 3.8) is 0 Å². The van der Waals surface area contributed by atoms with Gasteiger partial charge in [0, 0.05) is 28.8 Å². The first kappa shape index (κ1) is 17.0. The fraction of sp³-hybridized carbons (Fsp3) is 0.316. The zero-order valence-electron chi connectivity index (χ0n) is 13.9. The van der Waals surface area contributed by atoms with Gasteiger partial charge in [0.1, 0.15) is 0 Å². The number of aryl methyl sites for hydroxylation is 2. The third-order valence-electron chi connectivity index (χ3n) is 4.04. The van der Waals surface area contributed by atoms with Crippen LogP contribution in [0.5, 0.6) is 0 Å². The molecule has 1 aliphatic rings. The predicted octanol–water partition coefficient (Wildman–Crippen LogP) is 4.15. The Balaban J connectivity index is 1.75. The second kappa shape index (κ2) is 7.36. The van der Waals surface area contributed by atoms with E-state index in [2.05, 4.69) is 32.2 Å². The van der Waals surface area contributed by atoms with Gasteiger partial charge in [-0.05, 0) is 60.1 Å². The molecule has 4 nitrogen and oxygen atoms in total. The van der Waals surface area contributed by atoms with Crippen molar-refractivity contribution in [1.29, 1.82) is 0 Å². The molecule has 24 heavy (non-hydrogen) atoms. The largest absolute Gasteiger partial charge is 0.378 e. The Kier molecular flexibility index (Phi) is 5.21. The van der Waals surface area contributed by atoms with E-state index in [1.54, 1.807) is 0 Å². The normalized spacial score (nSPS) is 14.5. The average molecular weight is 389 g/mol. The summed E-state index contributed by atoms with van der Waals surface area (Å²) in [5, 5.41) is 2.97. The number of carbonyl (C=O) groups excluding carboxylic acids is 1. The summed E-state index contributed by atoms with van der Waals surface area (Å²) >= 11 is 3.62. The summed E-state index contributed by atoms with van der Waals surface area (Å²) in [6.45, 7) is 7.25. The highest BCUT2D eigenvalue weighted by molar-refractivity contribution is 9.10. The van der Waals surface area contributed by atoms with Crippen molar-refractivity contribution in [2.45, 2.75) is 13.8 Å². The summed E-state index contributed by atoms with van der Waals surface area (Å²) in [6, 6.07) is 11.8. The number of morpholine rings is 1. The van der Waals surface area contributed by atoms with Crippen molar-refractivity contribution in [2.24, 2.45) is 0 Å². The Morgan fingerprint density at radius 2 is 1.75 bits per heavy atom. The Bertz CT molecular complexity index is 735. The van der Waals surface area contributed by atoms with Crippen molar-refractivity contribution in [2.75, 3.05) is 36.5 Å². The molecule has 1 fully saturated rings. The van der Waals surface area contributed by atoms with E-state index in [-0.39, 0.29) is 5.91 Å². The Morgan fingerprint density at radius 1 is 1.08 bits per heavy atom. The van der Waals surface area contributed by atoms with Crippen LogP contribution in [0.2, 0.25) is 0 Å². The molecule has 0 spiro atoms. The summed E-state index contributed by atoms with van der Waals surface area (Å²) in [4.78, 5) is 14.7. The third-order valence-corrected chi connectivity index (χ3v) is 4.68. The van der Waals surface area contributed by atoms with Crippen LogP contribution in [0.25, 0.3) is 0 Å². The molecule has 1 heterocycles. The van der Waals surface area contributed by atoms with Gasteiger partial charge in [-0.2, -0.15) is 0 Å². The van der Waals surface area contributed by atoms with Crippen LogP contribution in [0.15, 0.2) is 40.9 Å². The first-order chi connectivity index (χ1) is 11.5. The minimum atomic E-state index is -0.0900. The highest BCUT2D eigenvalue weighted by Gasteiger charge is 2.15. The second-order valence-electron chi connectivity index (χ2n) is 6.10. The van der Waals surface area contributed by atoms with Crippen molar-refractivity contribution in [1.82, 2.24) is 0 Å². The lowest BCUT2D eigenvalue weighted by molar-refractivity contribution is 0.102. The van der Waals surface area contributed by atoms with Crippen LogP contribution in [-0.4, -0.2) is 32.2 Å². The smallest absolute Gasteiger partial charge is 0.255 e. The van der Waals surface area contributed by atoms with Gasteiger partial charge in [-0.25, -0.2) is 0 Å². The van der Waals surface area contributed by atoms with Gasteiger partial charge < -0.3 is 15.0 Å². The second-order valence-corrected chi connectivity index (χ2v) is 6.95. The summed E-state index contributed by atoms with van der Waals surface area (Å²) in [7, 11) is 0. The monoisotopic (exact) mass is 388 g/mol.